The third-order valence-corrected chi connectivity index (χ3v) is 5.28. The zero-order chi connectivity index (χ0) is 19.9. The van der Waals surface area contributed by atoms with Gasteiger partial charge in [0.1, 0.15) is 19.0 Å². The van der Waals surface area contributed by atoms with Gasteiger partial charge in [0.15, 0.2) is 5.16 Å². The minimum atomic E-state index is -0.216. The first-order valence-electron chi connectivity index (χ1n) is 9.03. The molecule has 1 unspecified atom stereocenters. The molecule has 0 bridgehead atoms. The fourth-order valence-corrected chi connectivity index (χ4v) is 3.58. The van der Waals surface area contributed by atoms with Crippen molar-refractivity contribution in [3.63, 3.8) is 0 Å². The molecule has 2 aromatic heterocycles. The highest BCUT2D eigenvalue weighted by Gasteiger charge is 2.17. The fraction of sp³-hybridized carbons (Fsp3) is 0.150. The number of H-pyrrole nitrogens is 1. The van der Waals surface area contributed by atoms with E-state index in [4.69, 9.17) is 0 Å². The SMILES string of the molecule is O=C(NC(Cn1cncn1)c1ccccc1)c1ccc(CSc2ncn[nH]2)cc1. The van der Waals surface area contributed by atoms with E-state index in [0.29, 0.717) is 12.1 Å². The highest BCUT2D eigenvalue weighted by atomic mass is 32.2. The second kappa shape index (κ2) is 9.16. The first kappa shape index (κ1) is 18.9. The Morgan fingerprint density at radius 2 is 1.93 bits per heavy atom. The molecule has 4 rings (SSSR count). The molecule has 8 nitrogen and oxygen atoms in total. The van der Waals surface area contributed by atoms with Crippen LogP contribution in [0.3, 0.4) is 0 Å². The van der Waals surface area contributed by atoms with E-state index in [1.165, 1.54) is 12.7 Å². The van der Waals surface area contributed by atoms with Gasteiger partial charge in [-0.3, -0.25) is 14.6 Å². The third kappa shape index (κ3) is 5.08. The quantitative estimate of drug-likeness (QED) is 0.437. The normalized spacial score (nSPS) is 11.9. The third-order valence-electron chi connectivity index (χ3n) is 4.33. The van der Waals surface area contributed by atoms with Crippen molar-refractivity contribution in [1.29, 1.82) is 0 Å². The lowest BCUT2D eigenvalue weighted by Crippen LogP contribution is -2.31. The van der Waals surface area contributed by atoms with Crippen molar-refractivity contribution >= 4 is 17.7 Å². The van der Waals surface area contributed by atoms with Crippen LogP contribution < -0.4 is 5.32 Å². The van der Waals surface area contributed by atoms with Crippen molar-refractivity contribution < 1.29 is 4.79 Å². The molecule has 0 fully saturated rings. The summed E-state index contributed by atoms with van der Waals surface area (Å²) in [6, 6.07) is 17.2. The minimum absolute atomic E-state index is 0.131. The van der Waals surface area contributed by atoms with Crippen molar-refractivity contribution in [3.8, 4) is 0 Å². The molecule has 4 aromatic rings. The van der Waals surface area contributed by atoms with Gasteiger partial charge in [0.05, 0.1) is 12.6 Å². The second-order valence-electron chi connectivity index (χ2n) is 6.33. The average molecular weight is 405 g/mol. The van der Waals surface area contributed by atoms with E-state index in [-0.39, 0.29) is 11.9 Å². The number of aromatic nitrogens is 6. The molecule has 1 atom stereocenters. The Labute approximate surface area is 171 Å². The summed E-state index contributed by atoms with van der Waals surface area (Å²) in [6.45, 7) is 0.502. The van der Waals surface area contributed by atoms with E-state index >= 15 is 0 Å². The van der Waals surface area contributed by atoms with E-state index in [0.717, 1.165) is 22.0 Å². The summed E-state index contributed by atoms with van der Waals surface area (Å²) in [6.07, 6.45) is 4.61. The smallest absolute Gasteiger partial charge is 0.251 e. The van der Waals surface area contributed by atoms with Crippen LogP contribution in [0, 0.1) is 0 Å². The Bertz CT molecular complexity index is 1020. The van der Waals surface area contributed by atoms with Gasteiger partial charge in [-0.15, -0.1) is 0 Å². The first-order valence-corrected chi connectivity index (χ1v) is 10.0. The van der Waals surface area contributed by atoms with Gasteiger partial charge in [-0.05, 0) is 23.3 Å². The van der Waals surface area contributed by atoms with Crippen LogP contribution in [0.25, 0.3) is 0 Å². The summed E-state index contributed by atoms with van der Waals surface area (Å²) in [5.41, 5.74) is 2.72. The molecular formula is C20H19N7OS. The Morgan fingerprint density at radius 1 is 1.10 bits per heavy atom. The van der Waals surface area contributed by atoms with Gasteiger partial charge < -0.3 is 5.32 Å². The second-order valence-corrected chi connectivity index (χ2v) is 7.29. The van der Waals surface area contributed by atoms with Gasteiger partial charge in [0.2, 0.25) is 0 Å². The number of thioether (sulfide) groups is 1. The van der Waals surface area contributed by atoms with Gasteiger partial charge in [0.25, 0.3) is 5.91 Å². The Hall–Kier alpha value is -3.46. The summed E-state index contributed by atoms with van der Waals surface area (Å²) in [7, 11) is 0. The lowest BCUT2D eigenvalue weighted by molar-refractivity contribution is 0.0932. The number of carbonyl (C=O) groups is 1. The maximum atomic E-state index is 12.8. The molecule has 0 aliphatic heterocycles. The largest absolute Gasteiger partial charge is 0.343 e. The molecule has 0 saturated heterocycles. The molecule has 0 saturated carbocycles. The predicted molar refractivity (Wildman–Crippen MR) is 109 cm³/mol. The zero-order valence-electron chi connectivity index (χ0n) is 15.5. The van der Waals surface area contributed by atoms with Crippen molar-refractivity contribution in [2.45, 2.75) is 23.5 Å². The summed E-state index contributed by atoms with van der Waals surface area (Å²) in [5, 5.41) is 14.7. The number of nitrogens with one attached hydrogen (secondary N) is 2. The predicted octanol–water partition coefficient (Wildman–Crippen LogP) is 2.86. The van der Waals surface area contributed by atoms with E-state index in [1.54, 1.807) is 22.8 Å². The number of amides is 1. The van der Waals surface area contributed by atoms with Gasteiger partial charge in [0, 0.05) is 11.3 Å². The monoisotopic (exact) mass is 405 g/mol. The summed E-state index contributed by atoms with van der Waals surface area (Å²) in [5.74, 6) is 0.615. The van der Waals surface area contributed by atoms with Crippen molar-refractivity contribution in [1.82, 2.24) is 35.3 Å². The van der Waals surface area contributed by atoms with E-state index in [2.05, 4.69) is 30.6 Å². The number of aromatic amines is 1. The summed E-state index contributed by atoms with van der Waals surface area (Å²) in [4.78, 5) is 20.9. The molecule has 146 valence electrons. The zero-order valence-corrected chi connectivity index (χ0v) is 16.3. The van der Waals surface area contributed by atoms with Gasteiger partial charge in [-0.25, -0.2) is 9.97 Å². The van der Waals surface area contributed by atoms with Crippen molar-refractivity contribution in [3.05, 3.63) is 90.3 Å². The van der Waals surface area contributed by atoms with Crippen LogP contribution in [0.4, 0.5) is 0 Å². The number of rotatable bonds is 8. The molecule has 0 aliphatic rings. The van der Waals surface area contributed by atoms with Crippen LogP contribution >= 0.6 is 11.8 Å². The molecule has 29 heavy (non-hydrogen) atoms. The van der Waals surface area contributed by atoms with Gasteiger partial charge in [-0.1, -0.05) is 54.2 Å². The van der Waals surface area contributed by atoms with E-state index in [9.17, 15) is 4.79 Å². The first-order chi connectivity index (χ1) is 14.3. The number of benzene rings is 2. The van der Waals surface area contributed by atoms with Crippen molar-refractivity contribution in [2.24, 2.45) is 0 Å². The molecular weight excluding hydrogens is 386 g/mol. The number of hydrogen-bond donors (Lipinski definition) is 2. The Kier molecular flexibility index (Phi) is 5.96. The summed E-state index contributed by atoms with van der Waals surface area (Å²) < 4.78 is 1.71. The van der Waals surface area contributed by atoms with Crippen LogP contribution in [0.5, 0.6) is 0 Å². The molecule has 0 spiro atoms. The minimum Gasteiger partial charge on any atom is -0.343 e. The van der Waals surface area contributed by atoms with Crippen LogP contribution in [-0.4, -0.2) is 35.9 Å². The fourth-order valence-electron chi connectivity index (χ4n) is 2.84. The molecule has 0 radical (unpaired) electrons. The Morgan fingerprint density at radius 3 is 2.62 bits per heavy atom. The molecule has 0 aliphatic carbocycles. The van der Waals surface area contributed by atoms with Crippen molar-refractivity contribution in [2.75, 3.05) is 0 Å². The van der Waals surface area contributed by atoms with Crippen LogP contribution in [0.2, 0.25) is 0 Å². The highest BCUT2D eigenvalue weighted by molar-refractivity contribution is 7.98. The van der Waals surface area contributed by atoms with Crippen LogP contribution in [-0.2, 0) is 12.3 Å². The van der Waals surface area contributed by atoms with E-state index < -0.39 is 0 Å². The maximum absolute atomic E-state index is 12.8. The molecule has 1 amide bonds. The Balaban J connectivity index is 1.42. The molecule has 2 heterocycles. The summed E-state index contributed by atoms with van der Waals surface area (Å²) >= 11 is 1.56. The van der Waals surface area contributed by atoms with Gasteiger partial charge in [-0.2, -0.15) is 10.2 Å². The van der Waals surface area contributed by atoms with E-state index in [1.807, 2.05) is 54.6 Å². The molecule has 2 N–H and O–H groups in total. The number of hydrogen-bond acceptors (Lipinski definition) is 6. The number of nitrogens with zero attached hydrogens (tertiary/aromatic N) is 5. The van der Waals surface area contributed by atoms with Crippen LogP contribution in [0.1, 0.15) is 27.5 Å². The standard InChI is InChI=1S/C20H19N7OS/c28-19(17-8-6-15(7-9-17)11-29-20-22-13-23-26-20)25-18(10-27-14-21-12-24-27)16-4-2-1-3-5-16/h1-9,12-14,18H,10-11H2,(H,25,28)(H,22,23,26). The highest BCUT2D eigenvalue weighted by Crippen LogP contribution is 2.19. The lowest BCUT2D eigenvalue weighted by atomic mass is 10.1. The van der Waals surface area contributed by atoms with Crippen LogP contribution in [0.15, 0.2) is 78.7 Å². The average Bonchev–Trinajstić information content (AvgIpc) is 3.47. The molecule has 2 aromatic carbocycles. The molecule has 9 heteroatoms. The topological polar surface area (TPSA) is 101 Å². The lowest BCUT2D eigenvalue weighted by Gasteiger charge is -2.19. The number of carbonyl (C=O) groups excluding carboxylic acids is 1. The maximum Gasteiger partial charge on any atom is 0.251 e. The van der Waals surface area contributed by atoms with Gasteiger partial charge >= 0.3 is 0 Å².